The van der Waals surface area contributed by atoms with Crippen molar-refractivity contribution in [2.45, 2.75) is 31.5 Å². The van der Waals surface area contributed by atoms with Gasteiger partial charge >= 0.3 is 6.18 Å². The van der Waals surface area contributed by atoms with E-state index in [2.05, 4.69) is 15.5 Å². The Balaban J connectivity index is 1.48. The minimum absolute atomic E-state index is 0.351. The van der Waals surface area contributed by atoms with Gasteiger partial charge in [0, 0.05) is 17.3 Å². The van der Waals surface area contributed by atoms with Gasteiger partial charge in [-0.1, -0.05) is 12.1 Å². The van der Waals surface area contributed by atoms with Gasteiger partial charge in [-0.05, 0) is 54.0 Å². The van der Waals surface area contributed by atoms with Gasteiger partial charge in [0.2, 0.25) is 5.91 Å². The second-order valence-corrected chi connectivity index (χ2v) is 8.21. The maximum Gasteiger partial charge on any atom is 0.405 e. The number of rotatable bonds is 6. The van der Waals surface area contributed by atoms with E-state index < -0.39 is 30.7 Å². The van der Waals surface area contributed by atoms with Crippen LogP contribution < -0.4 is 16.2 Å². The molecule has 2 heterocycles. The molecule has 0 aliphatic heterocycles. The van der Waals surface area contributed by atoms with Crippen molar-refractivity contribution in [3.05, 3.63) is 64.7 Å². The number of amides is 1. The number of hydrogen-bond acceptors (Lipinski definition) is 4. The van der Waals surface area contributed by atoms with Gasteiger partial charge < -0.3 is 15.2 Å². The molecule has 0 saturated heterocycles. The molecule has 7 nitrogen and oxygen atoms in total. The summed E-state index contributed by atoms with van der Waals surface area (Å²) < 4.78 is 38.2. The number of aromatic nitrogens is 3. The molecule has 3 N–H and O–H groups in total. The van der Waals surface area contributed by atoms with E-state index >= 15 is 0 Å². The predicted octanol–water partition coefficient (Wildman–Crippen LogP) is 4.18. The maximum absolute atomic E-state index is 13.1. The summed E-state index contributed by atoms with van der Waals surface area (Å²) in [5, 5.41) is 14.3. The Kier molecular flexibility index (Phi) is 5.07. The number of carbonyl (C=O) groups excluding carboxylic acids is 1. The van der Waals surface area contributed by atoms with E-state index in [4.69, 9.17) is 0 Å². The quantitative estimate of drug-likeness (QED) is 0.407. The number of H-pyrrole nitrogens is 1. The van der Waals surface area contributed by atoms with Crippen LogP contribution in [0.4, 0.5) is 24.5 Å². The number of halogens is 3. The first-order chi connectivity index (χ1) is 15.8. The van der Waals surface area contributed by atoms with Crippen LogP contribution in [0.5, 0.6) is 0 Å². The first-order valence-electron chi connectivity index (χ1n) is 10.5. The summed E-state index contributed by atoms with van der Waals surface area (Å²) in [6.45, 7) is -1.95. The third-order valence-corrected chi connectivity index (χ3v) is 5.68. The molecule has 5 rings (SSSR count). The Bertz CT molecular complexity index is 1420. The second-order valence-electron chi connectivity index (χ2n) is 8.21. The molecule has 0 atom stereocenters. The predicted molar refractivity (Wildman–Crippen MR) is 119 cm³/mol. The number of carbonyl (C=O) groups is 1. The monoisotopic (exact) mass is 455 g/mol. The number of fused-ring (bicyclic) bond motifs is 2. The topological polar surface area (TPSA) is 91.8 Å². The van der Waals surface area contributed by atoms with E-state index in [-0.39, 0.29) is 0 Å². The SMILES string of the molecule is O=C(Cn1ccc2cccc(Nc3cc(C4CC4)c4[nH]ncc4c3)c2c1=O)NCC(F)(F)F. The average molecular weight is 455 g/mol. The molecular formula is C23H20F3N5O2. The Labute approximate surface area is 185 Å². The molecule has 2 aromatic heterocycles. The molecule has 0 unspecified atom stereocenters. The lowest BCUT2D eigenvalue weighted by atomic mass is 10.1. The van der Waals surface area contributed by atoms with Crippen molar-refractivity contribution in [2.75, 3.05) is 11.9 Å². The normalized spacial score (nSPS) is 14.0. The third kappa shape index (κ3) is 4.41. The molecule has 0 radical (unpaired) electrons. The average Bonchev–Trinajstić information content (AvgIpc) is 3.50. The molecule has 170 valence electrons. The summed E-state index contributed by atoms with van der Waals surface area (Å²) >= 11 is 0. The number of anilines is 2. The van der Waals surface area contributed by atoms with Gasteiger partial charge in [0.05, 0.1) is 22.8 Å². The zero-order valence-corrected chi connectivity index (χ0v) is 17.4. The van der Waals surface area contributed by atoms with Crippen molar-refractivity contribution in [3.63, 3.8) is 0 Å². The summed E-state index contributed by atoms with van der Waals surface area (Å²) in [4.78, 5) is 25.1. The number of pyridine rings is 1. The first kappa shape index (κ1) is 21.0. The van der Waals surface area contributed by atoms with Crippen molar-refractivity contribution < 1.29 is 18.0 Å². The van der Waals surface area contributed by atoms with Gasteiger partial charge in [0.1, 0.15) is 13.1 Å². The highest BCUT2D eigenvalue weighted by Gasteiger charge is 2.28. The van der Waals surface area contributed by atoms with Crippen molar-refractivity contribution in [1.82, 2.24) is 20.1 Å². The van der Waals surface area contributed by atoms with Crippen LogP contribution in [0.15, 0.2) is 53.6 Å². The molecule has 0 bridgehead atoms. The number of alkyl halides is 3. The van der Waals surface area contributed by atoms with Crippen LogP contribution in [0.25, 0.3) is 21.7 Å². The van der Waals surface area contributed by atoms with E-state index in [1.807, 2.05) is 18.2 Å². The zero-order valence-electron chi connectivity index (χ0n) is 17.4. The summed E-state index contributed by atoms with van der Waals surface area (Å²) in [5.74, 6) is -0.409. The Hall–Kier alpha value is -3.82. The van der Waals surface area contributed by atoms with Gasteiger partial charge in [-0.3, -0.25) is 14.7 Å². The van der Waals surface area contributed by atoms with Crippen LogP contribution in [0.2, 0.25) is 0 Å². The van der Waals surface area contributed by atoms with Gasteiger partial charge in [-0.25, -0.2) is 0 Å². The highest BCUT2D eigenvalue weighted by atomic mass is 19.4. The molecule has 1 aliphatic carbocycles. The standard InChI is InChI=1S/C23H20F3N5O2/c24-23(25,26)12-27-19(32)11-31-7-6-14-2-1-3-18(20(14)22(31)33)29-16-8-15-10-28-30-21(15)17(9-16)13-4-5-13/h1-3,6-10,13,29H,4-5,11-12H2,(H,27,32)(H,28,30). The molecule has 10 heteroatoms. The number of nitrogens with one attached hydrogen (secondary N) is 3. The lowest BCUT2D eigenvalue weighted by molar-refractivity contribution is -0.138. The van der Waals surface area contributed by atoms with Crippen LogP contribution in [0, 0.1) is 0 Å². The fourth-order valence-electron chi connectivity index (χ4n) is 4.00. The van der Waals surface area contributed by atoms with Crippen molar-refractivity contribution in [3.8, 4) is 0 Å². The molecule has 1 aliphatic rings. The minimum Gasteiger partial charge on any atom is -0.355 e. The molecule has 0 spiro atoms. The van der Waals surface area contributed by atoms with Crippen molar-refractivity contribution in [1.29, 1.82) is 0 Å². The number of benzene rings is 2. The van der Waals surface area contributed by atoms with Gasteiger partial charge in [0.25, 0.3) is 5.56 Å². The van der Waals surface area contributed by atoms with Crippen LogP contribution in [0.1, 0.15) is 24.3 Å². The highest BCUT2D eigenvalue weighted by Crippen LogP contribution is 2.44. The summed E-state index contributed by atoms with van der Waals surface area (Å²) in [5.41, 5.74) is 3.06. The smallest absolute Gasteiger partial charge is 0.355 e. The summed E-state index contributed by atoms with van der Waals surface area (Å²) in [7, 11) is 0. The molecular weight excluding hydrogens is 435 g/mol. The largest absolute Gasteiger partial charge is 0.405 e. The second kappa shape index (κ2) is 7.95. The Morgan fingerprint density at radius 3 is 2.76 bits per heavy atom. The molecule has 33 heavy (non-hydrogen) atoms. The van der Waals surface area contributed by atoms with E-state index in [1.54, 1.807) is 29.7 Å². The van der Waals surface area contributed by atoms with E-state index in [0.717, 1.165) is 34.0 Å². The first-order valence-corrected chi connectivity index (χ1v) is 10.5. The van der Waals surface area contributed by atoms with Gasteiger partial charge in [-0.2, -0.15) is 18.3 Å². The summed E-state index contributed by atoms with van der Waals surface area (Å²) in [6, 6.07) is 11.0. The van der Waals surface area contributed by atoms with Crippen LogP contribution in [-0.2, 0) is 11.3 Å². The van der Waals surface area contributed by atoms with Gasteiger partial charge in [0.15, 0.2) is 0 Å². The van der Waals surface area contributed by atoms with Crippen molar-refractivity contribution >= 4 is 39.0 Å². The van der Waals surface area contributed by atoms with Crippen LogP contribution in [0.3, 0.4) is 0 Å². The molecule has 1 fully saturated rings. The van der Waals surface area contributed by atoms with E-state index in [0.29, 0.717) is 22.4 Å². The number of aromatic amines is 1. The van der Waals surface area contributed by atoms with E-state index in [9.17, 15) is 22.8 Å². The number of nitrogens with zero attached hydrogens (tertiary/aromatic N) is 2. The number of hydrogen-bond donors (Lipinski definition) is 3. The molecule has 4 aromatic rings. The van der Waals surface area contributed by atoms with Crippen molar-refractivity contribution in [2.24, 2.45) is 0 Å². The molecule has 2 aromatic carbocycles. The minimum atomic E-state index is -4.52. The zero-order chi connectivity index (χ0) is 23.2. The molecule has 1 amide bonds. The molecule has 1 saturated carbocycles. The van der Waals surface area contributed by atoms with Gasteiger partial charge in [-0.15, -0.1) is 0 Å². The Morgan fingerprint density at radius 2 is 2.00 bits per heavy atom. The van der Waals surface area contributed by atoms with E-state index in [1.165, 1.54) is 11.8 Å². The fraction of sp³-hybridized carbons (Fsp3) is 0.261. The fourth-order valence-corrected chi connectivity index (χ4v) is 4.00. The van der Waals surface area contributed by atoms with Crippen LogP contribution in [-0.4, -0.2) is 33.4 Å². The third-order valence-electron chi connectivity index (χ3n) is 5.68. The lowest BCUT2D eigenvalue weighted by Crippen LogP contribution is -2.37. The Morgan fingerprint density at radius 1 is 1.18 bits per heavy atom. The summed E-state index contributed by atoms with van der Waals surface area (Å²) in [6.07, 6.45) is 0.878. The lowest BCUT2D eigenvalue weighted by Gasteiger charge is -2.14. The maximum atomic E-state index is 13.1. The highest BCUT2D eigenvalue weighted by molar-refractivity contribution is 5.96. The van der Waals surface area contributed by atoms with Crippen LogP contribution >= 0.6 is 0 Å².